The number of rotatable bonds is 10. The SMILES string of the molecule is C.CS(=O)(=O)Nc1ccc(Br)cc1C(=O)O.Cc1cc(C2CC2)nc2cc([C@@H]3CCCCN3)nn12.Cc1cc(C2CC2)nc2cc([C@@H]3CCCCN3C(=O)c3cc(Br)ccc3NS(C)(=O)=O)nn12. The van der Waals surface area contributed by atoms with E-state index in [0.717, 1.165) is 72.4 Å². The number of nitrogens with zero attached hydrogens (tertiary/aromatic N) is 7. The molecule has 2 aromatic carbocycles. The third-order valence-corrected chi connectivity index (χ3v) is 14.2. The molecule has 0 radical (unpaired) electrons. The minimum atomic E-state index is -3.53. The number of aromatic nitrogens is 6. The van der Waals surface area contributed by atoms with E-state index >= 15 is 0 Å². The number of aromatic carboxylic acids is 1. The summed E-state index contributed by atoms with van der Waals surface area (Å²) in [6.45, 7) is 5.86. The Morgan fingerprint density at radius 1 is 0.662 bits per heavy atom. The van der Waals surface area contributed by atoms with E-state index < -0.39 is 26.0 Å². The summed E-state index contributed by atoms with van der Waals surface area (Å²) in [5.74, 6) is -0.151. The number of nitrogens with one attached hydrogen (secondary N) is 3. The maximum Gasteiger partial charge on any atom is 0.337 e. The van der Waals surface area contributed by atoms with Gasteiger partial charge in [-0.1, -0.05) is 45.7 Å². The van der Waals surface area contributed by atoms with Crippen molar-refractivity contribution < 1.29 is 31.5 Å². The van der Waals surface area contributed by atoms with Crippen molar-refractivity contribution in [1.82, 2.24) is 39.4 Å². The average molecular weight is 1100 g/mol. The van der Waals surface area contributed by atoms with Crippen molar-refractivity contribution in [2.24, 2.45) is 0 Å². The first-order chi connectivity index (χ1) is 31.8. The Hall–Kier alpha value is -4.96. The molecule has 4 N–H and O–H groups in total. The van der Waals surface area contributed by atoms with Crippen molar-refractivity contribution in [3.05, 3.63) is 115 Å². The van der Waals surface area contributed by atoms with Crippen LogP contribution in [-0.2, 0) is 20.0 Å². The number of amides is 1. The van der Waals surface area contributed by atoms with Crippen molar-refractivity contribution >= 4 is 86.5 Å². The molecule has 0 unspecified atom stereocenters. The zero-order valence-corrected chi connectivity index (χ0v) is 42.5. The highest BCUT2D eigenvalue weighted by Crippen LogP contribution is 2.41. The summed E-state index contributed by atoms with van der Waals surface area (Å²) in [6.07, 6.45) is 13.5. The highest BCUT2D eigenvalue weighted by atomic mass is 79.9. The Morgan fingerprint density at radius 3 is 1.66 bits per heavy atom. The number of halogens is 2. The van der Waals surface area contributed by atoms with Crippen LogP contribution in [0.1, 0.15) is 150 Å². The molecule has 2 saturated heterocycles. The third kappa shape index (κ3) is 12.6. The largest absolute Gasteiger partial charge is 0.478 e. The number of piperidine rings is 2. The number of carboxylic acid groups (broad SMARTS) is 1. The molecule has 0 spiro atoms. The van der Waals surface area contributed by atoms with Crippen LogP contribution < -0.4 is 14.8 Å². The fourth-order valence-electron chi connectivity index (χ4n) is 8.55. The molecule has 2 aliphatic carbocycles. The molecule has 6 heterocycles. The lowest BCUT2D eigenvalue weighted by Gasteiger charge is -2.35. The lowest BCUT2D eigenvalue weighted by Crippen LogP contribution is -2.39. The van der Waals surface area contributed by atoms with Gasteiger partial charge in [0, 0.05) is 62.2 Å². The number of benzene rings is 2. The number of carbonyl (C=O) groups is 2. The van der Waals surface area contributed by atoms with Gasteiger partial charge in [0.25, 0.3) is 5.91 Å². The van der Waals surface area contributed by atoms with Gasteiger partial charge in [-0.2, -0.15) is 10.2 Å². The van der Waals surface area contributed by atoms with Crippen molar-refractivity contribution in [2.75, 3.05) is 35.0 Å². The second-order valence-electron chi connectivity index (χ2n) is 17.8. The topological polar surface area (TPSA) is 222 Å². The Kier molecular flexibility index (Phi) is 15.7. The van der Waals surface area contributed by atoms with Gasteiger partial charge in [0.2, 0.25) is 20.0 Å². The monoisotopic (exact) mass is 1100 g/mol. The maximum atomic E-state index is 13.7. The van der Waals surface area contributed by atoms with Crippen molar-refractivity contribution in [3.8, 4) is 0 Å². The van der Waals surface area contributed by atoms with Gasteiger partial charge >= 0.3 is 5.97 Å². The summed E-state index contributed by atoms with van der Waals surface area (Å²) in [5, 5.41) is 22.0. The molecule has 4 aromatic heterocycles. The van der Waals surface area contributed by atoms with Crippen LogP contribution in [0, 0.1) is 13.8 Å². The first-order valence-electron chi connectivity index (χ1n) is 22.4. The molecule has 68 heavy (non-hydrogen) atoms. The van der Waals surface area contributed by atoms with Gasteiger partial charge in [0.1, 0.15) is 0 Å². The summed E-state index contributed by atoms with van der Waals surface area (Å²) in [4.78, 5) is 35.9. The second-order valence-corrected chi connectivity index (χ2v) is 23.1. The smallest absolute Gasteiger partial charge is 0.337 e. The van der Waals surface area contributed by atoms with E-state index in [1.165, 1.54) is 68.5 Å². The number of hydrogen-bond donors (Lipinski definition) is 4. The molecule has 4 fully saturated rings. The Morgan fingerprint density at radius 2 is 1.16 bits per heavy atom. The lowest BCUT2D eigenvalue weighted by molar-refractivity contribution is 0.0606. The Bertz CT molecular complexity index is 3080. The van der Waals surface area contributed by atoms with Crippen molar-refractivity contribution in [3.63, 3.8) is 0 Å². The summed E-state index contributed by atoms with van der Waals surface area (Å²) in [5.41, 5.74) is 8.96. The number of fused-ring (bicyclic) bond motifs is 2. The van der Waals surface area contributed by atoms with Crippen LogP contribution in [0.15, 0.2) is 69.6 Å². The summed E-state index contributed by atoms with van der Waals surface area (Å²) < 4.78 is 55.4. The lowest BCUT2D eigenvalue weighted by atomic mass is 9.98. The van der Waals surface area contributed by atoms with Crippen LogP contribution in [0.5, 0.6) is 0 Å². The first kappa shape index (κ1) is 50.9. The van der Waals surface area contributed by atoms with Crippen molar-refractivity contribution in [2.45, 2.75) is 109 Å². The molecule has 1 amide bonds. The number of likely N-dealkylation sites (tertiary alicyclic amines) is 1. The molecule has 17 nitrogen and oxygen atoms in total. The first-order valence-corrected chi connectivity index (χ1v) is 27.7. The quantitative estimate of drug-likeness (QED) is 0.101. The number of carbonyl (C=O) groups excluding carboxylic acids is 1. The van der Waals surface area contributed by atoms with Gasteiger partial charge in [-0.3, -0.25) is 14.2 Å². The predicted molar refractivity (Wildman–Crippen MR) is 271 cm³/mol. The molecule has 2 atom stereocenters. The fourth-order valence-corrected chi connectivity index (χ4v) is 10.4. The predicted octanol–water partition coefficient (Wildman–Crippen LogP) is 9.30. The Labute approximate surface area is 414 Å². The van der Waals surface area contributed by atoms with E-state index in [4.69, 9.17) is 25.3 Å². The zero-order valence-electron chi connectivity index (χ0n) is 37.7. The number of carboxylic acids is 1. The van der Waals surface area contributed by atoms with Crippen LogP contribution in [0.4, 0.5) is 11.4 Å². The van der Waals surface area contributed by atoms with E-state index in [2.05, 4.69) is 71.7 Å². The second kappa shape index (κ2) is 21.0. The standard InChI is InChI=1S/C23H26BrN5O3S.C15H20N4.C8H8BrNO4S.CH4/c1-14-11-19(15-6-7-15)25-22-13-20(26-29(14)22)21-5-3-4-10-28(21)23(30)17-12-16(24)8-9-18(17)27-33(2,31)32;1-10-8-13(11-5-6-11)17-15-9-14(18-19(10)15)12-4-2-3-7-16-12;1-15(13,14)10-7-3-2-5(9)4-6(7)8(11)12;/h8-9,11-13,15,21,27H,3-7,10H2,1-2H3;8-9,11-12,16H,2-7H2,1H3;2-4,10H,1H3,(H,11,12);1H4/t21-;12-;;/m00../s1. The molecule has 2 saturated carbocycles. The minimum absolute atomic E-state index is 0. The average Bonchev–Trinajstić information content (AvgIpc) is 4.22. The molecule has 0 bridgehead atoms. The number of sulfonamides is 2. The third-order valence-electron chi connectivity index (χ3n) is 12.1. The number of anilines is 2. The molecule has 4 aliphatic rings. The van der Waals surface area contributed by atoms with Crippen LogP contribution >= 0.6 is 31.9 Å². The molecule has 364 valence electrons. The molecule has 2 aliphatic heterocycles. The maximum absolute atomic E-state index is 13.7. The summed E-state index contributed by atoms with van der Waals surface area (Å²) in [6, 6.07) is 17.9. The van der Waals surface area contributed by atoms with E-state index in [1.54, 1.807) is 24.3 Å². The van der Waals surface area contributed by atoms with E-state index in [-0.39, 0.29) is 36.3 Å². The van der Waals surface area contributed by atoms with E-state index in [9.17, 15) is 26.4 Å². The van der Waals surface area contributed by atoms with Crippen LogP contribution in [0.3, 0.4) is 0 Å². The van der Waals surface area contributed by atoms with Crippen molar-refractivity contribution in [1.29, 1.82) is 0 Å². The van der Waals surface area contributed by atoms with Crippen LogP contribution in [0.25, 0.3) is 11.3 Å². The van der Waals surface area contributed by atoms with Gasteiger partial charge in [0.05, 0.1) is 58.5 Å². The Balaban J connectivity index is 0.000000165. The van der Waals surface area contributed by atoms with Gasteiger partial charge in [-0.15, -0.1) is 0 Å². The van der Waals surface area contributed by atoms with Gasteiger partial charge in [-0.25, -0.2) is 40.6 Å². The molecular formula is C47H58Br2N10O7S2. The summed E-state index contributed by atoms with van der Waals surface area (Å²) >= 11 is 6.51. The van der Waals surface area contributed by atoms with Crippen LogP contribution in [0.2, 0.25) is 0 Å². The van der Waals surface area contributed by atoms with Gasteiger partial charge in [-0.05, 0) is 127 Å². The minimum Gasteiger partial charge on any atom is -0.478 e. The molecular weight excluding hydrogens is 1040 g/mol. The van der Waals surface area contributed by atoms with E-state index in [0.29, 0.717) is 38.9 Å². The highest BCUT2D eigenvalue weighted by Gasteiger charge is 2.33. The fraction of sp³-hybridized carbons (Fsp3) is 0.447. The number of hydrogen-bond acceptors (Lipinski definition) is 11. The normalized spacial score (nSPS) is 18.4. The van der Waals surface area contributed by atoms with E-state index in [1.807, 2.05) is 26.9 Å². The molecule has 6 aromatic rings. The number of aryl methyl sites for hydroxylation is 2. The summed E-state index contributed by atoms with van der Waals surface area (Å²) in [7, 11) is -7.01. The van der Waals surface area contributed by atoms with Gasteiger partial charge in [0.15, 0.2) is 11.3 Å². The molecule has 10 rings (SSSR count). The van der Waals surface area contributed by atoms with Crippen LogP contribution in [-0.4, -0.2) is 93.5 Å². The highest BCUT2D eigenvalue weighted by molar-refractivity contribution is 9.10. The molecule has 21 heteroatoms. The zero-order chi connectivity index (χ0) is 47.8. The van der Waals surface area contributed by atoms with Gasteiger partial charge < -0.3 is 15.3 Å².